The highest BCUT2D eigenvalue weighted by molar-refractivity contribution is 9.10. The number of ether oxygens (including phenoxy) is 1. The van der Waals surface area contributed by atoms with Gasteiger partial charge < -0.3 is 20.3 Å². The smallest absolute Gasteiger partial charge is 0.407 e. The summed E-state index contributed by atoms with van der Waals surface area (Å²) >= 11 is 9.23. The van der Waals surface area contributed by atoms with Gasteiger partial charge in [-0.2, -0.15) is 0 Å². The average molecular weight is 503 g/mol. The maximum absolute atomic E-state index is 12.2. The number of fused-ring (bicyclic) bond motifs is 3. The van der Waals surface area contributed by atoms with Crippen LogP contribution in [0.2, 0.25) is 5.02 Å². The van der Waals surface area contributed by atoms with Crippen LogP contribution in [0.25, 0.3) is 11.1 Å². The summed E-state index contributed by atoms with van der Waals surface area (Å²) in [5.41, 5.74) is 5.03. The molecule has 160 valence electrons. The topological polar surface area (TPSA) is 78.8 Å². The predicted molar refractivity (Wildman–Crippen MR) is 123 cm³/mol. The van der Waals surface area contributed by atoms with Crippen molar-refractivity contribution in [2.24, 2.45) is 0 Å². The lowest BCUT2D eigenvalue weighted by Gasteiger charge is -2.20. The first-order valence-corrected chi connectivity index (χ1v) is 11.0. The Hall–Kier alpha value is -2.38. The number of aliphatic hydroxyl groups is 2. The van der Waals surface area contributed by atoms with E-state index in [2.05, 4.69) is 33.4 Å². The molecule has 0 aliphatic heterocycles. The van der Waals surface area contributed by atoms with Crippen molar-refractivity contribution < 1.29 is 19.7 Å². The van der Waals surface area contributed by atoms with E-state index in [1.807, 2.05) is 36.4 Å². The largest absolute Gasteiger partial charge is 0.449 e. The summed E-state index contributed by atoms with van der Waals surface area (Å²) in [6.07, 6.45) is -3.05. The number of alkyl carbamates (subject to hydrolysis) is 1. The fraction of sp³-hybridized carbons (Fsp3) is 0.208. The van der Waals surface area contributed by atoms with Crippen LogP contribution >= 0.6 is 27.5 Å². The Bertz CT molecular complexity index is 1060. The van der Waals surface area contributed by atoms with Crippen LogP contribution in [-0.4, -0.2) is 35.6 Å². The fourth-order valence-electron chi connectivity index (χ4n) is 3.90. The second-order valence-corrected chi connectivity index (χ2v) is 8.68. The molecule has 0 fully saturated rings. The number of hydrogen-bond acceptors (Lipinski definition) is 4. The SMILES string of the molecule is O=C(NCC(O)C(O)c1ccc(Cl)cc1Br)OCC1c2ccccc2-c2ccccc21. The van der Waals surface area contributed by atoms with Crippen LogP contribution in [0.1, 0.15) is 28.7 Å². The van der Waals surface area contributed by atoms with Crippen LogP contribution in [0, 0.1) is 0 Å². The van der Waals surface area contributed by atoms with Crippen molar-refractivity contribution in [3.05, 3.63) is 92.9 Å². The Morgan fingerprint density at radius 1 is 1.03 bits per heavy atom. The molecule has 0 bridgehead atoms. The van der Waals surface area contributed by atoms with Crippen molar-refractivity contribution in [2.75, 3.05) is 13.2 Å². The van der Waals surface area contributed by atoms with Gasteiger partial charge in [0.05, 0.1) is 0 Å². The van der Waals surface area contributed by atoms with E-state index in [1.165, 1.54) is 0 Å². The second-order valence-electron chi connectivity index (χ2n) is 7.38. The van der Waals surface area contributed by atoms with E-state index >= 15 is 0 Å². The first kappa shape index (κ1) is 21.8. The van der Waals surface area contributed by atoms with Crippen molar-refractivity contribution >= 4 is 33.6 Å². The third-order valence-electron chi connectivity index (χ3n) is 5.44. The molecule has 0 spiro atoms. The van der Waals surface area contributed by atoms with Crippen LogP contribution in [0.15, 0.2) is 71.2 Å². The maximum atomic E-state index is 12.2. The van der Waals surface area contributed by atoms with Crippen molar-refractivity contribution in [3.63, 3.8) is 0 Å². The van der Waals surface area contributed by atoms with Gasteiger partial charge in [-0.1, -0.05) is 82.1 Å². The molecule has 0 radical (unpaired) electrons. The van der Waals surface area contributed by atoms with E-state index in [4.69, 9.17) is 16.3 Å². The molecule has 1 amide bonds. The minimum Gasteiger partial charge on any atom is -0.449 e. The summed E-state index contributed by atoms with van der Waals surface area (Å²) in [6.45, 7) is 0.0220. The number of amides is 1. The van der Waals surface area contributed by atoms with Crippen LogP contribution in [0.4, 0.5) is 4.79 Å². The molecular weight excluding hydrogens is 482 g/mol. The molecule has 0 saturated heterocycles. The zero-order chi connectivity index (χ0) is 22.0. The lowest BCUT2D eigenvalue weighted by atomic mass is 9.98. The van der Waals surface area contributed by atoms with Gasteiger partial charge in [-0.3, -0.25) is 0 Å². The molecule has 4 rings (SSSR count). The van der Waals surface area contributed by atoms with E-state index in [-0.39, 0.29) is 19.1 Å². The van der Waals surface area contributed by atoms with Crippen LogP contribution in [-0.2, 0) is 4.74 Å². The van der Waals surface area contributed by atoms with E-state index in [9.17, 15) is 15.0 Å². The Balaban J connectivity index is 1.35. The third kappa shape index (κ3) is 4.62. The lowest BCUT2D eigenvalue weighted by molar-refractivity contribution is 0.0181. The highest BCUT2D eigenvalue weighted by atomic mass is 79.9. The molecule has 7 heteroatoms. The Labute approximate surface area is 193 Å². The normalized spacial score (nSPS) is 14.5. The number of hydrogen-bond donors (Lipinski definition) is 3. The average Bonchev–Trinajstić information content (AvgIpc) is 3.09. The van der Waals surface area contributed by atoms with Gasteiger partial charge in [0.15, 0.2) is 0 Å². The van der Waals surface area contributed by atoms with Gasteiger partial charge >= 0.3 is 6.09 Å². The van der Waals surface area contributed by atoms with Gasteiger partial charge in [0.1, 0.15) is 18.8 Å². The summed E-state index contributed by atoms with van der Waals surface area (Å²) in [6, 6.07) is 21.1. The first-order valence-electron chi connectivity index (χ1n) is 9.85. The number of aliphatic hydroxyl groups excluding tert-OH is 2. The number of carbonyl (C=O) groups is 1. The van der Waals surface area contributed by atoms with Crippen LogP contribution in [0.5, 0.6) is 0 Å². The van der Waals surface area contributed by atoms with E-state index in [0.29, 0.717) is 15.1 Å². The second kappa shape index (κ2) is 9.40. The number of carbonyl (C=O) groups excluding carboxylic acids is 1. The van der Waals surface area contributed by atoms with E-state index in [0.717, 1.165) is 22.3 Å². The highest BCUT2D eigenvalue weighted by Crippen LogP contribution is 2.44. The Kier molecular flexibility index (Phi) is 6.62. The van der Waals surface area contributed by atoms with E-state index in [1.54, 1.807) is 18.2 Å². The lowest BCUT2D eigenvalue weighted by Crippen LogP contribution is -2.36. The summed E-state index contributed by atoms with van der Waals surface area (Å²) in [5, 5.41) is 23.7. The van der Waals surface area contributed by atoms with Gasteiger partial charge in [-0.05, 0) is 39.9 Å². The van der Waals surface area contributed by atoms with Crippen LogP contribution < -0.4 is 5.32 Å². The van der Waals surface area contributed by atoms with Gasteiger partial charge in [0.2, 0.25) is 0 Å². The zero-order valence-corrected chi connectivity index (χ0v) is 18.8. The number of halogens is 2. The molecule has 0 saturated carbocycles. The quantitative estimate of drug-likeness (QED) is 0.441. The summed E-state index contributed by atoms with van der Waals surface area (Å²) in [7, 11) is 0. The molecule has 0 aromatic heterocycles. The number of benzene rings is 3. The Morgan fingerprint density at radius 2 is 1.65 bits per heavy atom. The molecule has 2 atom stereocenters. The molecule has 2 unspecified atom stereocenters. The summed E-state index contributed by atoms with van der Waals surface area (Å²) in [4.78, 5) is 12.2. The first-order chi connectivity index (χ1) is 15.0. The minimum atomic E-state index is -1.21. The Morgan fingerprint density at radius 3 is 2.26 bits per heavy atom. The molecule has 1 aliphatic rings. The molecule has 0 heterocycles. The maximum Gasteiger partial charge on any atom is 0.407 e. The number of rotatable bonds is 6. The highest BCUT2D eigenvalue weighted by Gasteiger charge is 2.29. The summed E-state index contributed by atoms with van der Waals surface area (Å²) < 4.78 is 6.02. The van der Waals surface area contributed by atoms with Crippen molar-refractivity contribution in [1.82, 2.24) is 5.32 Å². The summed E-state index contributed by atoms with van der Waals surface area (Å²) in [5.74, 6) is -0.0429. The molecular formula is C24H21BrClNO4. The van der Waals surface area contributed by atoms with Gasteiger partial charge in [0.25, 0.3) is 0 Å². The van der Waals surface area contributed by atoms with Crippen molar-refractivity contribution in [1.29, 1.82) is 0 Å². The van der Waals surface area contributed by atoms with E-state index < -0.39 is 18.3 Å². The molecule has 3 aromatic rings. The van der Waals surface area contributed by atoms with Gasteiger partial charge in [0, 0.05) is 22.0 Å². The fourth-order valence-corrected chi connectivity index (χ4v) is 4.81. The number of nitrogens with one attached hydrogen (secondary N) is 1. The van der Waals surface area contributed by atoms with Gasteiger partial charge in [-0.15, -0.1) is 0 Å². The molecule has 5 nitrogen and oxygen atoms in total. The minimum absolute atomic E-state index is 0.0429. The zero-order valence-electron chi connectivity index (χ0n) is 16.5. The van der Waals surface area contributed by atoms with Crippen molar-refractivity contribution in [3.8, 4) is 11.1 Å². The molecule has 3 N–H and O–H groups in total. The predicted octanol–water partition coefficient (Wildman–Crippen LogP) is 5.04. The molecule has 31 heavy (non-hydrogen) atoms. The third-order valence-corrected chi connectivity index (χ3v) is 6.37. The molecule has 3 aromatic carbocycles. The van der Waals surface area contributed by atoms with Crippen molar-refractivity contribution in [2.45, 2.75) is 18.1 Å². The monoisotopic (exact) mass is 501 g/mol. The van der Waals surface area contributed by atoms with Gasteiger partial charge in [-0.25, -0.2) is 4.79 Å². The van der Waals surface area contributed by atoms with Crippen LogP contribution in [0.3, 0.4) is 0 Å². The standard InChI is InChI=1S/C24H21BrClNO4/c25-21-11-14(26)9-10-19(21)23(29)22(28)12-27-24(30)31-13-20-17-7-3-1-5-15(17)16-6-2-4-8-18(16)20/h1-11,20,22-23,28-29H,12-13H2,(H,27,30). The molecule has 1 aliphatic carbocycles.